The van der Waals surface area contributed by atoms with Crippen LogP contribution in [0.4, 0.5) is 57.1 Å². The van der Waals surface area contributed by atoms with Gasteiger partial charge in [0, 0.05) is 0 Å². The van der Waals surface area contributed by atoms with Crippen molar-refractivity contribution in [3.05, 3.63) is 11.6 Å². The molecule has 0 nitrogen and oxygen atoms in total. The second-order valence-electron chi connectivity index (χ2n) is 4.64. The van der Waals surface area contributed by atoms with Gasteiger partial charge in [-0.1, -0.05) is 5.57 Å². The summed E-state index contributed by atoms with van der Waals surface area (Å²) in [6.07, 6.45) is -8.34. The Morgan fingerprint density at radius 3 is 1.09 bits per heavy atom. The summed E-state index contributed by atoms with van der Waals surface area (Å²) in [4.78, 5) is 0. The summed E-state index contributed by atoms with van der Waals surface area (Å²) in [6, 6.07) is 0. The quantitative estimate of drug-likeness (QED) is 0.428. The van der Waals surface area contributed by atoms with Gasteiger partial charge >= 0.3 is 35.8 Å². The lowest BCUT2D eigenvalue weighted by Gasteiger charge is -2.39. The highest BCUT2D eigenvalue weighted by Gasteiger charge is 2.90. The molecule has 0 radical (unpaired) electrons. The molecule has 0 N–H and O–H groups in total. The SMILES string of the molecule is CC(C)=CC(F)(F)C(F)(F)C(F)(F)C(F)(F)C(F)(F)C(F)(F)F. The molecule has 0 aromatic heterocycles. The van der Waals surface area contributed by atoms with Gasteiger partial charge in [-0.2, -0.15) is 57.1 Å². The van der Waals surface area contributed by atoms with E-state index in [0.29, 0.717) is 13.8 Å². The van der Waals surface area contributed by atoms with E-state index in [4.69, 9.17) is 0 Å². The predicted molar refractivity (Wildman–Crippen MR) is 50.2 cm³/mol. The third-order valence-electron chi connectivity index (χ3n) is 2.43. The van der Waals surface area contributed by atoms with Crippen LogP contribution in [0.1, 0.15) is 13.8 Å². The average Bonchev–Trinajstić information content (AvgIpc) is 2.24. The number of halogens is 13. The van der Waals surface area contributed by atoms with E-state index in [1.54, 1.807) is 0 Å². The molecule has 0 saturated heterocycles. The average molecular weight is 374 g/mol. The molecule has 0 spiro atoms. The van der Waals surface area contributed by atoms with Crippen LogP contribution >= 0.6 is 0 Å². The molecule has 0 aliphatic carbocycles. The maximum absolute atomic E-state index is 13.0. The summed E-state index contributed by atoms with van der Waals surface area (Å²) in [7, 11) is 0. The molecular weight excluding hydrogens is 367 g/mol. The maximum Gasteiger partial charge on any atom is 0.460 e. The van der Waals surface area contributed by atoms with E-state index in [0.717, 1.165) is 0 Å². The topological polar surface area (TPSA) is 0 Å². The van der Waals surface area contributed by atoms with Gasteiger partial charge in [-0.05, 0) is 19.9 Å². The summed E-state index contributed by atoms with van der Waals surface area (Å²) in [5.74, 6) is -36.6. The Hall–Kier alpha value is -1.17. The van der Waals surface area contributed by atoms with E-state index in [1.165, 1.54) is 0 Å². The number of rotatable bonds is 5. The van der Waals surface area contributed by atoms with E-state index in [9.17, 15) is 57.1 Å². The van der Waals surface area contributed by atoms with Crippen LogP contribution in [0.2, 0.25) is 0 Å². The molecule has 13 heteroatoms. The zero-order valence-corrected chi connectivity index (χ0v) is 11.0. The standard InChI is InChI=1S/C10H7F13/c1-4(2)3-5(11,12)6(13,14)7(15,16)8(17,18)9(19,20)10(21,22)23/h3H,1-2H3. The van der Waals surface area contributed by atoms with Gasteiger partial charge in [-0.3, -0.25) is 0 Å². The third-order valence-corrected chi connectivity index (χ3v) is 2.43. The largest absolute Gasteiger partial charge is 0.460 e. The first kappa shape index (κ1) is 21.8. The monoisotopic (exact) mass is 374 g/mol. The fraction of sp³-hybridized carbons (Fsp3) is 0.800. The predicted octanol–water partition coefficient (Wildman–Crippen LogP) is 5.69. The molecule has 0 aromatic rings. The van der Waals surface area contributed by atoms with Crippen LogP contribution in [0.15, 0.2) is 11.6 Å². The van der Waals surface area contributed by atoms with E-state index in [-0.39, 0.29) is 0 Å². The van der Waals surface area contributed by atoms with Gasteiger partial charge in [0.1, 0.15) is 0 Å². The highest BCUT2D eigenvalue weighted by Crippen LogP contribution is 2.60. The van der Waals surface area contributed by atoms with Crippen LogP contribution in [0, 0.1) is 0 Å². The zero-order chi connectivity index (χ0) is 19.3. The van der Waals surface area contributed by atoms with Gasteiger partial charge in [0.15, 0.2) is 0 Å². The maximum atomic E-state index is 13.0. The van der Waals surface area contributed by atoms with Crippen molar-refractivity contribution in [1.29, 1.82) is 0 Å². The number of allylic oxidation sites excluding steroid dienone is 2. The molecule has 0 aliphatic rings. The van der Waals surface area contributed by atoms with E-state index in [2.05, 4.69) is 0 Å². The minimum Gasteiger partial charge on any atom is -0.195 e. The van der Waals surface area contributed by atoms with Crippen LogP contribution in [-0.2, 0) is 0 Å². The third kappa shape index (κ3) is 3.10. The number of alkyl halides is 13. The van der Waals surface area contributed by atoms with Crippen molar-refractivity contribution >= 4 is 0 Å². The Kier molecular flexibility index (Phi) is 5.16. The first-order valence-electron chi connectivity index (χ1n) is 5.28. The summed E-state index contributed by atoms with van der Waals surface area (Å²) in [5, 5.41) is 0. The Labute approximate surface area is 119 Å². The smallest absolute Gasteiger partial charge is 0.195 e. The Morgan fingerprint density at radius 1 is 0.522 bits per heavy atom. The lowest BCUT2D eigenvalue weighted by atomic mass is 9.93. The Balaban J connectivity index is 6.31. The molecule has 0 aromatic carbocycles. The molecule has 0 unspecified atom stereocenters. The minimum atomic E-state index is -7.85. The minimum absolute atomic E-state index is 0.643. The molecule has 0 bridgehead atoms. The first-order chi connectivity index (χ1) is 9.67. The molecule has 0 fully saturated rings. The van der Waals surface area contributed by atoms with Crippen LogP contribution in [-0.4, -0.2) is 35.8 Å². The molecule has 0 saturated carbocycles. The lowest BCUT2D eigenvalue weighted by molar-refractivity contribution is -0.436. The van der Waals surface area contributed by atoms with Crippen LogP contribution in [0.3, 0.4) is 0 Å². The van der Waals surface area contributed by atoms with Gasteiger partial charge < -0.3 is 0 Å². The van der Waals surface area contributed by atoms with Crippen LogP contribution < -0.4 is 0 Å². The van der Waals surface area contributed by atoms with Gasteiger partial charge in [-0.25, -0.2) is 0 Å². The van der Waals surface area contributed by atoms with Crippen molar-refractivity contribution in [3.8, 4) is 0 Å². The van der Waals surface area contributed by atoms with E-state index >= 15 is 0 Å². The zero-order valence-electron chi connectivity index (χ0n) is 11.0. The molecule has 0 aliphatic heterocycles. The van der Waals surface area contributed by atoms with Gasteiger partial charge in [-0.15, -0.1) is 0 Å². The van der Waals surface area contributed by atoms with Crippen LogP contribution in [0.5, 0.6) is 0 Å². The van der Waals surface area contributed by atoms with Crippen molar-refractivity contribution < 1.29 is 57.1 Å². The highest BCUT2D eigenvalue weighted by molar-refractivity contribution is 5.16. The van der Waals surface area contributed by atoms with E-state index in [1.807, 2.05) is 0 Å². The van der Waals surface area contributed by atoms with Gasteiger partial charge in [0.2, 0.25) is 0 Å². The number of hydrogen-bond acceptors (Lipinski definition) is 0. The summed E-state index contributed by atoms with van der Waals surface area (Å²) in [6.45, 7) is 1.29. The molecule has 0 atom stereocenters. The highest BCUT2D eigenvalue weighted by atomic mass is 19.4. The molecule has 0 heterocycles. The fourth-order valence-corrected chi connectivity index (χ4v) is 1.23. The van der Waals surface area contributed by atoms with E-state index < -0.39 is 47.4 Å². The second kappa shape index (κ2) is 5.43. The lowest BCUT2D eigenvalue weighted by Crippen LogP contribution is -2.69. The molecule has 138 valence electrons. The van der Waals surface area contributed by atoms with Gasteiger partial charge in [0.25, 0.3) is 0 Å². The Bertz CT molecular complexity index is 464. The summed E-state index contributed by atoms with van der Waals surface area (Å²) in [5.41, 5.74) is -0.809. The molecular formula is C10H7F13. The molecule has 0 amide bonds. The second-order valence-corrected chi connectivity index (χ2v) is 4.64. The Morgan fingerprint density at radius 2 is 0.826 bits per heavy atom. The van der Waals surface area contributed by atoms with Crippen molar-refractivity contribution in [1.82, 2.24) is 0 Å². The number of hydrogen-bond donors (Lipinski definition) is 0. The molecule has 23 heavy (non-hydrogen) atoms. The summed E-state index contributed by atoms with van der Waals surface area (Å²) < 4.78 is 164. The van der Waals surface area contributed by atoms with Crippen molar-refractivity contribution in [3.63, 3.8) is 0 Å². The summed E-state index contributed by atoms with van der Waals surface area (Å²) >= 11 is 0. The van der Waals surface area contributed by atoms with Crippen LogP contribution in [0.25, 0.3) is 0 Å². The van der Waals surface area contributed by atoms with Crippen molar-refractivity contribution in [2.24, 2.45) is 0 Å². The van der Waals surface area contributed by atoms with Gasteiger partial charge in [0.05, 0.1) is 0 Å². The fourth-order valence-electron chi connectivity index (χ4n) is 1.23. The normalized spacial score (nSPS) is 15.6. The first-order valence-corrected chi connectivity index (χ1v) is 5.28. The van der Waals surface area contributed by atoms with Crippen molar-refractivity contribution in [2.75, 3.05) is 0 Å². The molecule has 0 rings (SSSR count). The van der Waals surface area contributed by atoms with Crippen molar-refractivity contribution in [2.45, 2.75) is 49.6 Å².